The summed E-state index contributed by atoms with van der Waals surface area (Å²) in [6.45, 7) is 0.0265. The van der Waals surface area contributed by atoms with Crippen LogP contribution in [0.4, 0.5) is 0 Å². The highest BCUT2D eigenvalue weighted by molar-refractivity contribution is 7.91. The maximum atomic E-state index is 11.8. The number of nitrogens with one attached hydrogen (secondary N) is 1. The van der Waals surface area contributed by atoms with E-state index in [2.05, 4.69) is 19.8 Å². The average molecular weight is 294 g/mol. The van der Waals surface area contributed by atoms with E-state index in [1.807, 2.05) is 0 Å². The fourth-order valence-corrected chi connectivity index (χ4v) is 3.38. The normalized spacial score (nSPS) is 11.9. The molecule has 0 unspecified atom stereocenters. The van der Waals surface area contributed by atoms with E-state index in [1.165, 1.54) is 17.2 Å². The first-order chi connectivity index (χ1) is 7.97. The molecule has 2 heterocycles. The Morgan fingerprint density at radius 2 is 2.29 bits per heavy atom. The maximum Gasteiger partial charge on any atom is 0.252 e. The number of nitrogens with zero attached hydrogens (tertiary/aromatic N) is 4. The van der Waals surface area contributed by atoms with E-state index >= 15 is 0 Å². The van der Waals surface area contributed by atoms with Crippen molar-refractivity contribution in [3.05, 3.63) is 22.8 Å². The average Bonchev–Trinajstić information content (AvgIpc) is 2.85. The van der Waals surface area contributed by atoms with Gasteiger partial charge in [-0.05, 0) is 0 Å². The summed E-state index contributed by atoms with van der Waals surface area (Å²) in [7, 11) is -1.89. The van der Waals surface area contributed by atoms with Crippen LogP contribution in [-0.2, 0) is 23.6 Å². The number of aromatic nitrogens is 4. The van der Waals surface area contributed by atoms with Crippen LogP contribution in [0.5, 0.6) is 0 Å². The van der Waals surface area contributed by atoms with Gasteiger partial charge < -0.3 is 0 Å². The van der Waals surface area contributed by atoms with Crippen LogP contribution in [0.3, 0.4) is 0 Å². The Bertz CT molecular complexity index is 620. The summed E-state index contributed by atoms with van der Waals surface area (Å²) in [6.07, 6.45) is 2.70. The summed E-state index contributed by atoms with van der Waals surface area (Å²) >= 11 is 6.47. The first kappa shape index (κ1) is 12.4. The van der Waals surface area contributed by atoms with Crippen LogP contribution in [-0.4, -0.2) is 28.2 Å². The van der Waals surface area contributed by atoms with E-state index in [0.29, 0.717) is 5.82 Å². The quantitative estimate of drug-likeness (QED) is 0.881. The van der Waals surface area contributed by atoms with Crippen molar-refractivity contribution in [1.82, 2.24) is 24.5 Å². The highest BCUT2D eigenvalue weighted by Crippen LogP contribution is 2.22. The van der Waals surface area contributed by atoms with Crippen LogP contribution < -0.4 is 4.72 Å². The number of rotatable bonds is 4. The lowest BCUT2D eigenvalue weighted by Crippen LogP contribution is -2.23. The first-order valence-electron chi connectivity index (χ1n) is 4.43. The van der Waals surface area contributed by atoms with Gasteiger partial charge in [0.25, 0.3) is 10.0 Å². The second kappa shape index (κ2) is 4.69. The van der Waals surface area contributed by atoms with Gasteiger partial charge in [0.05, 0.1) is 12.7 Å². The molecule has 0 saturated carbocycles. The molecule has 92 valence electrons. The lowest BCUT2D eigenvalue weighted by atomic mass is 10.6. The lowest BCUT2D eigenvalue weighted by Gasteiger charge is -2.00. The summed E-state index contributed by atoms with van der Waals surface area (Å²) in [5.74, 6) is 0.395. The van der Waals surface area contributed by atoms with Crippen molar-refractivity contribution in [2.45, 2.75) is 10.8 Å². The lowest BCUT2D eigenvalue weighted by molar-refractivity contribution is 0.580. The van der Waals surface area contributed by atoms with Crippen molar-refractivity contribution >= 4 is 33.0 Å². The second-order valence-corrected chi connectivity index (χ2v) is 6.70. The number of hydrogen-bond acceptors (Lipinski definition) is 6. The van der Waals surface area contributed by atoms with E-state index in [-0.39, 0.29) is 15.2 Å². The van der Waals surface area contributed by atoms with Gasteiger partial charge >= 0.3 is 0 Å². The predicted octanol–water partition coefficient (Wildman–Crippen LogP) is 0.404. The standard InChI is InChI=1S/C7H8ClN5O2S2/c1-13-4-10-5(12-13)2-11-17(14,15)6-3-9-7(8)16-6/h3-4,11H,2H2,1H3. The van der Waals surface area contributed by atoms with Gasteiger partial charge in [-0.1, -0.05) is 22.9 Å². The summed E-state index contributed by atoms with van der Waals surface area (Å²) in [5.41, 5.74) is 0. The zero-order valence-electron chi connectivity index (χ0n) is 8.66. The molecule has 17 heavy (non-hydrogen) atoms. The number of sulfonamides is 1. The highest BCUT2D eigenvalue weighted by Gasteiger charge is 2.17. The van der Waals surface area contributed by atoms with Gasteiger partial charge in [-0.3, -0.25) is 4.68 Å². The van der Waals surface area contributed by atoms with Crippen LogP contribution in [0.25, 0.3) is 0 Å². The molecular formula is C7H8ClN5O2S2. The summed E-state index contributed by atoms with van der Waals surface area (Å²) in [6, 6.07) is 0. The SMILES string of the molecule is Cn1cnc(CNS(=O)(=O)c2cnc(Cl)s2)n1. The van der Waals surface area contributed by atoms with Crippen LogP contribution in [0, 0.1) is 0 Å². The van der Waals surface area contributed by atoms with Gasteiger partial charge in [0, 0.05) is 7.05 Å². The molecule has 0 aliphatic carbocycles. The molecule has 1 N–H and O–H groups in total. The molecule has 2 rings (SSSR count). The second-order valence-electron chi connectivity index (χ2n) is 3.09. The van der Waals surface area contributed by atoms with E-state index < -0.39 is 10.0 Å². The monoisotopic (exact) mass is 293 g/mol. The fraction of sp³-hybridized carbons (Fsp3) is 0.286. The highest BCUT2D eigenvalue weighted by atomic mass is 35.5. The first-order valence-corrected chi connectivity index (χ1v) is 7.10. The van der Waals surface area contributed by atoms with Crippen LogP contribution >= 0.6 is 22.9 Å². The molecule has 0 aliphatic heterocycles. The zero-order valence-corrected chi connectivity index (χ0v) is 11.1. The van der Waals surface area contributed by atoms with Gasteiger partial charge in [0.2, 0.25) is 0 Å². The summed E-state index contributed by atoms with van der Waals surface area (Å²) < 4.78 is 27.6. The van der Waals surface area contributed by atoms with Gasteiger partial charge in [-0.25, -0.2) is 23.1 Å². The molecule has 0 radical (unpaired) electrons. The Hall–Kier alpha value is -1.03. The number of hydrogen-bond donors (Lipinski definition) is 1. The minimum absolute atomic E-state index is 0.0265. The van der Waals surface area contributed by atoms with E-state index in [1.54, 1.807) is 7.05 Å². The van der Waals surface area contributed by atoms with Gasteiger partial charge in [-0.2, -0.15) is 5.10 Å². The Kier molecular flexibility index (Phi) is 3.43. The van der Waals surface area contributed by atoms with Crippen LogP contribution in [0.1, 0.15) is 5.82 Å². The molecule has 2 aromatic rings. The molecular weight excluding hydrogens is 286 g/mol. The molecule has 0 fully saturated rings. The maximum absolute atomic E-state index is 11.8. The molecule has 0 amide bonds. The minimum atomic E-state index is -3.60. The molecule has 0 saturated heterocycles. The van der Waals surface area contributed by atoms with E-state index in [9.17, 15) is 8.42 Å². The van der Waals surface area contributed by atoms with Crippen LogP contribution in [0.15, 0.2) is 16.7 Å². The molecule has 0 spiro atoms. The molecule has 2 aromatic heterocycles. The van der Waals surface area contributed by atoms with Gasteiger partial charge in [0.1, 0.15) is 6.33 Å². The third kappa shape index (κ3) is 3.00. The molecule has 10 heteroatoms. The predicted molar refractivity (Wildman–Crippen MR) is 62.2 cm³/mol. The van der Waals surface area contributed by atoms with Crippen LogP contribution in [0.2, 0.25) is 4.47 Å². The van der Waals surface area contributed by atoms with Crippen molar-refractivity contribution in [2.24, 2.45) is 7.05 Å². The molecule has 0 atom stereocenters. The van der Waals surface area contributed by atoms with Gasteiger partial charge in [0.15, 0.2) is 14.5 Å². The van der Waals surface area contributed by atoms with Crippen molar-refractivity contribution in [3.8, 4) is 0 Å². The molecule has 0 aliphatic rings. The van der Waals surface area contributed by atoms with Crippen molar-refractivity contribution in [3.63, 3.8) is 0 Å². The number of halogens is 1. The molecule has 0 bridgehead atoms. The van der Waals surface area contributed by atoms with Crippen molar-refractivity contribution < 1.29 is 8.42 Å². The van der Waals surface area contributed by atoms with Crippen molar-refractivity contribution in [1.29, 1.82) is 0 Å². The number of aryl methyl sites for hydroxylation is 1. The third-order valence-corrected chi connectivity index (χ3v) is 4.77. The summed E-state index contributed by atoms with van der Waals surface area (Å²) in [5, 5.41) is 3.95. The zero-order chi connectivity index (χ0) is 12.5. The molecule has 0 aromatic carbocycles. The largest absolute Gasteiger partial charge is 0.256 e. The third-order valence-electron chi connectivity index (χ3n) is 1.79. The Morgan fingerprint density at radius 3 is 2.82 bits per heavy atom. The molecule has 7 nitrogen and oxygen atoms in total. The van der Waals surface area contributed by atoms with E-state index in [0.717, 1.165) is 11.3 Å². The Balaban J connectivity index is 2.08. The topological polar surface area (TPSA) is 89.8 Å². The summed E-state index contributed by atoms with van der Waals surface area (Å²) in [4.78, 5) is 7.58. The van der Waals surface area contributed by atoms with Gasteiger partial charge in [-0.15, -0.1) is 0 Å². The minimum Gasteiger partial charge on any atom is -0.256 e. The fourth-order valence-electron chi connectivity index (χ4n) is 1.06. The Morgan fingerprint density at radius 1 is 1.53 bits per heavy atom. The van der Waals surface area contributed by atoms with E-state index in [4.69, 9.17) is 11.6 Å². The smallest absolute Gasteiger partial charge is 0.252 e. The Labute approximate surface area is 107 Å². The van der Waals surface area contributed by atoms with Crippen molar-refractivity contribution in [2.75, 3.05) is 0 Å². The number of thiazole rings is 1.